The van der Waals surface area contributed by atoms with E-state index in [0.29, 0.717) is 41.1 Å². The molecule has 10 heteroatoms. The molecule has 3 rings (SSSR count). The minimum Gasteiger partial charge on any atom is -0.380 e. The zero-order valence-electron chi connectivity index (χ0n) is 16.4. The molecule has 0 aliphatic heterocycles. The highest BCUT2D eigenvalue weighted by Crippen LogP contribution is 2.65. The molecule has 0 heterocycles. The van der Waals surface area contributed by atoms with Gasteiger partial charge in [-0.2, -0.15) is 0 Å². The second-order valence-electron chi connectivity index (χ2n) is 6.97. The van der Waals surface area contributed by atoms with E-state index in [1.165, 1.54) is 12.1 Å². The Hall–Kier alpha value is -1.21. The number of carbonyl (C=O) groups is 2. The molecule has 0 unspecified atom stereocenters. The molecule has 31 heavy (non-hydrogen) atoms. The summed E-state index contributed by atoms with van der Waals surface area (Å²) in [6.45, 7) is 3.16. The summed E-state index contributed by atoms with van der Waals surface area (Å²) in [7, 11) is 0. The van der Waals surface area contributed by atoms with Gasteiger partial charge in [0.15, 0.2) is 0 Å². The van der Waals surface area contributed by atoms with Gasteiger partial charge in [-0.1, -0.05) is 34.8 Å². The number of alkyl halides is 2. The summed E-state index contributed by atoms with van der Waals surface area (Å²) in [4.78, 5) is 25.2. The SMILES string of the molecule is CCOCCNC(=O)c1cc(NC(=O)[C@H]2[C@H](c3cc(Cl)cc(Cl)c3)C2(Cl)Cl)ccc1Cl. The fourth-order valence-electron chi connectivity index (χ4n) is 3.30. The Balaban J connectivity index is 1.71. The first-order valence-corrected chi connectivity index (χ1v) is 11.3. The fraction of sp³-hybridized carbons (Fsp3) is 0.333. The minimum absolute atomic E-state index is 0.230. The summed E-state index contributed by atoms with van der Waals surface area (Å²) in [5.74, 6) is -1.95. The number of nitrogens with one attached hydrogen (secondary N) is 2. The van der Waals surface area contributed by atoms with Gasteiger partial charge < -0.3 is 15.4 Å². The van der Waals surface area contributed by atoms with Gasteiger partial charge in [-0.25, -0.2) is 0 Å². The van der Waals surface area contributed by atoms with Crippen molar-refractivity contribution in [1.82, 2.24) is 5.32 Å². The lowest BCUT2D eigenvalue weighted by molar-refractivity contribution is -0.117. The first-order chi connectivity index (χ1) is 14.6. The van der Waals surface area contributed by atoms with Crippen LogP contribution in [-0.2, 0) is 9.53 Å². The van der Waals surface area contributed by atoms with E-state index in [9.17, 15) is 9.59 Å². The maximum absolute atomic E-state index is 12.9. The van der Waals surface area contributed by atoms with Crippen LogP contribution in [0.4, 0.5) is 5.69 Å². The van der Waals surface area contributed by atoms with Crippen LogP contribution < -0.4 is 10.6 Å². The van der Waals surface area contributed by atoms with E-state index in [-0.39, 0.29) is 16.5 Å². The number of benzene rings is 2. The highest BCUT2D eigenvalue weighted by molar-refractivity contribution is 6.53. The van der Waals surface area contributed by atoms with Gasteiger partial charge in [0, 0.05) is 34.8 Å². The number of rotatable bonds is 8. The zero-order chi connectivity index (χ0) is 22.8. The summed E-state index contributed by atoms with van der Waals surface area (Å²) in [6, 6.07) is 9.56. The first kappa shape index (κ1) is 24.4. The molecule has 0 saturated heterocycles. The summed E-state index contributed by atoms with van der Waals surface area (Å²) < 4.78 is 3.89. The molecule has 2 aromatic rings. The third kappa shape index (κ3) is 5.78. The number of carbonyl (C=O) groups excluding carboxylic acids is 2. The van der Waals surface area contributed by atoms with E-state index in [4.69, 9.17) is 62.7 Å². The normalized spacial score (nSPS) is 19.0. The lowest BCUT2D eigenvalue weighted by Gasteiger charge is -2.10. The van der Waals surface area contributed by atoms with Gasteiger partial charge >= 0.3 is 0 Å². The van der Waals surface area contributed by atoms with Gasteiger partial charge in [0.1, 0.15) is 4.33 Å². The van der Waals surface area contributed by atoms with Crippen LogP contribution in [0.1, 0.15) is 28.8 Å². The quantitative estimate of drug-likeness (QED) is 0.332. The highest BCUT2D eigenvalue weighted by Gasteiger charge is 2.67. The van der Waals surface area contributed by atoms with Crippen LogP contribution in [-0.4, -0.2) is 35.9 Å². The van der Waals surface area contributed by atoms with Gasteiger partial charge in [0.25, 0.3) is 5.91 Å². The summed E-state index contributed by atoms with van der Waals surface area (Å²) in [5.41, 5.74) is 1.30. The van der Waals surface area contributed by atoms with E-state index in [2.05, 4.69) is 10.6 Å². The van der Waals surface area contributed by atoms with E-state index >= 15 is 0 Å². The van der Waals surface area contributed by atoms with Crippen molar-refractivity contribution < 1.29 is 14.3 Å². The Morgan fingerprint density at radius 3 is 2.39 bits per heavy atom. The molecule has 1 saturated carbocycles. The Morgan fingerprint density at radius 2 is 1.74 bits per heavy atom. The summed E-state index contributed by atoms with van der Waals surface area (Å²) >= 11 is 31.0. The van der Waals surface area contributed by atoms with Crippen LogP contribution in [0.5, 0.6) is 0 Å². The number of hydrogen-bond acceptors (Lipinski definition) is 3. The molecule has 0 spiro atoms. The highest BCUT2D eigenvalue weighted by atomic mass is 35.5. The van der Waals surface area contributed by atoms with E-state index < -0.39 is 22.1 Å². The second-order valence-corrected chi connectivity index (χ2v) is 9.69. The van der Waals surface area contributed by atoms with Gasteiger partial charge in [-0.15, -0.1) is 23.2 Å². The average Bonchev–Trinajstić information content (AvgIpc) is 3.28. The molecule has 2 atom stereocenters. The zero-order valence-corrected chi connectivity index (χ0v) is 20.1. The number of anilines is 1. The van der Waals surface area contributed by atoms with Crippen LogP contribution in [0, 0.1) is 5.92 Å². The minimum atomic E-state index is -1.30. The molecule has 1 aliphatic rings. The third-order valence-electron chi connectivity index (χ3n) is 4.79. The van der Waals surface area contributed by atoms with Crippen molar-refractivity contribution in [3.05, 3.63) is 62.6 Å². The van der Waals surface area contributed by atoms with Crippen molar-refractivity contribution in [3.63, 3.8) is 0 Å². The standard InChI is InChI=1S/C21H19Cl5N2O3/c1-2-31-6-5-27-19(29)15-10-14(3-4-16(15)24)28-20(30)18-17(21(18,25)26)11-7-12(22)9-13(23)8-11/h3-4,7-10,17-18H,2,5-6H2,1H3,(H,27,29)(H,28,30)/t17-,18+/m0/s1. The van der Waals surface area contributed by atoms with Crippen molar-refractivity contribution in [3.8, 4) is 0 Å². The molecule has 0 radical (unpaired) electrons. The van der Waals surface area contributed by atoms with Crippen molar-refractivity contribution in [2.45, 2.75) is 17.2 Å². The molecule has 0 aromatic heterocycles. The van der Waals surface area contributed by atoms with Gasteiger partial charge in [-0.3, -0.25) is 9.59 Å². The molecule has 166 valence electrons. The maximum Gasteiger partial charge on any atom is 0.252 e. The lowest BCUT2D eigenvalue weighted by atomic mass is 10.1. The Bertz CT molecular complexity index is 979. The fourth-order valence-corrected chi connectivity index (χ4v) is 4.87. The third-order valence-corrected chi connectivity index (χ3v) is 6.50. The predicted molar refractivity (Wildman–Crippen MR) is 126 cm³/mol. The smallest absolute Gasteiger partial charge is 0.252 e. The van der Waals surface area contributed by atoms with Crippen LogP contribution in [0.15, 0.2) is 36.4 Å². The molecule has 1 aliphatic carbocycles. The van der Waals surface area contributed by atoms with Gasteiger partial charge in [0.05, 0.1) is 23.1 Å². The maximum atomic E-state index is 12.9. The van der Waals surface area contributed by atoms with Crippen molar-refractivity contribution in [2.24, 2.45) is 5.92 Å². The molecule has 2 N–H and O–H groups in total. The number of ether oxygens (including phenoxy) is 1. The van der Waals surface area contributed by atoms with Crippen LogP contribution in [0.2, 0.25) is 15.1 Å². The van der Waals surface area contributed by atoms with E-state index in [0.717, 1.165) is 0 Å². The number of hydrogen-bond donors (Lipinski definition) is 2. The largest absolute Gasteiger partial charge is 0.380 e. The Morgan fingerprint density at radius 1 is 1.06 bits per heavy atom. The van der Waals surface area contributed by atoms with Gasteiger partial charge in [-0.05, 0) is 48.9 Å². The van der Waals surface area contributed by atoms with Crippen molar-refractivity contribution in [1.29, 1.82) is 0 Å². The molecule has 5 nitrogen and oxygen atoms in total. The van der Waals surface area contributed by atoms with Crippen LogP contribution in [0.3, 0.4) is 0 Å². The average molecular weight is 525 g/mol. The van der Waals surface area contributed by atoms with E-state index in [1.54, 1.807) is 24.3 Å². The number of amides is 2. The number of halogens is 5. The first-order valence-electron chi connectivity index (χ1n) is 9.45. The molecular weight excluding hydrogens is 506 g/mol. The molecular formula is C21H19Cl5N2O3. The molecule has 0 bridgehead atoms. The Labute approximate surface area is 205 Å². The summed E-state index contributed by atoms with van der Waals surface area (Å²) in [5, 5.41) is 6.58. The topological polar surface area (TPSA) is 67.4 Å². The molecule has 2 aromatic carbocycles. The summed E-state index contributed by atoms with van der Waals surface area (Å²) in [6.07, 6.45) is 0. The Kier molecular flexibility index (Phi) is 8.00. The second kappa shape index (κ2) is 10.2. The lowest BCUT2D eigenvalue weighted by Crippen LogP contribution is -2.27. The van der Waals surface area contributed by atoms with Gasteiger partial charge in [0.2, 0.25) is 5.91 Å². The van der Waals surface area contributed by atoms with Crippen molar-refractivity contribution in [2.75, 3.05) is 25.1 Å². The monoisotopic (exact) mass is 522 g/mol. The van der Waals surface area contributed by atoms with Crippen molar-refractivity contribution >= 4 is 75.5 Å². The molecule has 2 amide bonds. The van der Waals surface area contributed by atoms with Crippen LogP contribution >= 0.6 is 58.0 Å². The molecule has 1 fully saturated rings. The van der Waals surface area contributed by atoms with Crippen LogP contribution in [0.25, 0.3) is 0 Å². The van der Waals surface area contributed by atoms with E-state index in [1.807, 2.05) is 6.92 Å². The predicted octanol–water partition coefficient (Wildman–Crippen LogP) is 5.94.